The smallest absolute Gasteiger partial charge is 0.249 e. The van der Waals surface area contributed by atoms with Gasteiger partial charge in [0, 0.05) is 6.61 Å². The molecule has 0 radical (unpaired) electrons. The highest BCUT2D eigenvalue weighted by molar-refractivity contribution is 5.81. The van der Waals surface area contributed by atoms with Crippen molar-refractivity contribution in [3.8, 4) is 0 Å². The molecule has 1 saturated heterocycles. The lowest BCUT2D eigenvalue weighted by atomic mass is 9.93. The van der Waals surface area contributed by atoms with E-state index in [9.17, 15) is 9.90 Å². The molecule has 0 aromatic heterocycles. The Kier molecular flexibility index (Phi) is 4.54. The van der Waals surface area contributed by atoms with Gasteiger partial charge in [0.25, 0.3) is 0 Å². The summed E-state index contributed by atoms with van der Waals surface area (Å²) in [6.07, 6.45) is 2.90. The Morgan fingerprint density at radius 2 is 2.20 bits per heavy atom. The second kappa shape index (κ2) is 5.47. The van der Waals surface area contributed by atoms with Crippen molar-refractivity contribution in [3.63, 3.8) is 0 Å². The topological polar surface area (TPSA) is 58.6 Å². The maximum atomic E-state index is 11.8. The van der Waals surface area contributed by atoms with Gasteiger partial charge in [-0.15, -0.1) is 0 Å². The minimum atomic E-state index is -0.469. The first-order valence-electron chi connectivity index (χ1n) is 5.72. The van der Waals surface area contributed by atoms with Crippen LogP contribution in [0.5, 0.6) is 0 Å². The Morgan fingerprint density at radius 3 is 2.60 bits per heavy atom. The highest BCUT2D eigenvalue weighted by Gasteiger charge is 2.32. The minimum absolute atomic E-state index is 0.0154. The van der Waals surface area contributed by atoms with Crippen molar-refractivity contribution < 1.29 is 14.6 Å². The van der Waals surface area contributed by atoms with Crippen LogP contribution < -0.4 is 5.32 Å². The van der Waals surface area contributed by atoms with Crippen LogP contribution in [0.1, 0.15) is 39.5 Å². The summed E-state index contributed by atoms with van der Waals surface area (Å²) >= 11 is 0. The highest BCUT2D eigenvalue weighted by Crippen LogP contribution is 2.17. The summed E-state index contributed by atoms with van der Waals surface area (Å²) in [6, 6.07) is 0. The van der Waals surface area contributed by atoms with E-state index < -0.39 is 5.54 Å². The van der Waals surface area contributed by atoms with E-state index in [0.717, 1.165) is 25.7 Å². The molecule has 4 heteroatoms. The summed E-state index contributed by atoms with van der Waals surface area (Å²) in [4.78, 5) is 11.8. The average Bonchev–Trinajstić information content (AvgIpc) is 2.79. The van der Waals surface area contributed by atoms with Gasteiger partial charge in [0.15, 0.2) is 0 Å². The SMILES string of the molecule is CCC(CC)(CO)NC(=O)[C@H]1CCCO1. The van der Waals surface area contributed by atoms with Crippen molar-refractivity contribution in [1.29, 1.82) is 0 Å². The van der Waals surface area contributed by atoms with Crippen molar-refractivity contribution in [2.75, 3.05) is 13.2 Å². The second-order valence-electron chi connectivity index (χ2n) is 4.14. The molecule has 1 aliphatic heterocycles. The molecule has 15 heavy (non-hydrogen) atoms. The summed E-state index contributed by atoms with van der Waals surface area (Å²) in [6.45, 7) is 4.59. The third kappa shape index (κ3) is 2.92. The van der Waals surface area contributed by atoms with Gasteiger partial charge in [0.05, 0.1) is 12.1 Å². The summed E-state index contributed by atoms with van der Waals surface area (Å²) in [5.74, 6) is -0.0785. The Morgan fingerprint density at radius 1 is 1.53 bits per heavy atom. The Labute approximate surface area is 91.0 Å². The summed E-state index contributed by atoms with van der Waals surface area (Å²) in [5.41, 5.74) is -0.469. The van der Waals surface area contributed by atoms with Crippen LogP contribution in [0.15, 0.2) is 0 Å². The molecule has 1 amide bonds. The molecule has 4 nitrogen and oxygen atoms in total. The molecule has 0 aromatic rings. The average molecular weight is 215 g/mol. The minimum Gasteiger partial charge on any atom is -0.394 e. The standard InChI is InChI=1S/C11H21NO3/c1-3-11(4-2,8-13)12-10(14)9-6-5-7-15-9/h9,13H,3-8H2,1-2H3,(H,12,14)/t9-/m1/s1. The number of rotatable bonds is 5. The van der Waals surface area contributed by atoms with Gasteiger partial charge in [-0.2, -0.15) is 0 Å². The number of carbonyl (C=O) groups is 1. The van der Waals surface area contributed by atoms with Crippen molar-refractivity contribution >= 4 is 5.91 Å². The third-order valence-corrected chi connectivity index (χ3v) is 3.27. The van der Waals surface area contributed by atoms with Gasteiger partial charge < -0.3 is 15.2 Å². The molecule has 1 fully saturated rings. The number of nitrogens with one attached hydrogen (secondary N) is 1. The van der Waals surface area contributed by atoms with E-state index in [1.165, 1.54) is 0 Å². The number of ether oxygens (including phenoxy) is 1. The quantitative estimate of drug-likeness (QED) is 0.714. The zero-order valence-electron chi connectivity index (χ0n) is 9.58. The fourth-order valence-corrected chi connectivity index (χ4v) is 1.82. The Balaban J connectivity index is 2.53. The molecular weight excluding hydrogens is 194 g/mol. The van der Waals surface area contributed by atoms with E-state index in [0.29, 0.717) is 6.61 Å². The van der Waals surface area contributed by atoms with Gasteiger partial charge in [0.2, 0.25) is 5.91 Å². The first-order chi connectivity index (χ1) is 7.17. The van der Waals surface area contributed by atoms with Crippen molar-refractivity contribution in [2.24, 2.45) is 0 Å². The third-order valence-electron chi connectivity index (χ3n) is 3.27. The lowest BCUT2D eigenvalue weighted by Crippen LogP contribution is -2.53. The van der Waals surface area contributed by atoms with Crippen molar-refractivity contribution in [2.45, 2.75) is 51.2 Å². The predicted octanol–water partition coefficient (Wildman–Crippen LogP) is 0.833. The molecular formula is C11H21NO3. The number of aliphatic hydroxyl groups is 1. The van der Waals surface area contributed by atoms with Crippen LogP contribution in [0.4, 0.5) is 0 Å². The van der Waals surface area contributed by atoms with Gasteiger partial charge >= 0.3 is 0 Å². The summed E-state index contributed by atoms with van der Waals surface area (Å²) < 4.78 is 5.30. The van der Waals surface area contributed by atoms with Crippen molar-refractivity contribution in [3.05, 3.63) is 0 Å². The predicted molar refractivity (Wildman–Crippen MR) is 57.5 cm³/mol. The van der Waals surface area contributed by atoms with Crippen LogP contribution in [0, 0.1) is 0 Å². The summed E-state index contributed by atoms with van der Waals surface area (Å²) in [5, 5.41) is 12.2. The fourth-order valence-electron chi connectivity index (χ4n) is 1.82. The zero-order valence-corrected chi connectivity index (χ0v) is 9.58. The van der Waals surface area contributed by atoms with E-state index in [1.54, 1.807) is 0 Å². The molecule has 0 saturated carbocycles. The first-order valence-corrected chi connectivity index (χ1v) is 5.72. The molecule has 0 unspecified atom stereocenters. The molecule has 2 N–H and O–H groups in total. The van der Waals surface area contributed by atoms with Gasteiger partial charge in [-0.25, -0.2) is 0 Å². The molecule has 1 rings (SSSR count). The second-order valence-corrected chi connectivity index (χ2v) is 4.14. The number of hydrogen-bond acceptors (Lipinski definition) is 3. The van der Waals surface area contributed by atoms with Crippen LogP contribution in [-0.4, -0.2) is 35.9 Å². The molecule has 1 atom stereocenters. The fraction of sp³-hybridized carbons (Fsp3) is 0.909. The van der Waals surface area contributed by atoms with E-state index in [2.05, 4.69) is 5.32 Å². The number of carbonyl (C=O) groups excluding carboxylic acids is 1. The van der Waals surface area contributed by atoms with Gasteiger partial charge in [-0.3, -0.25) is 4.79 Å². The molecule has 1 heterocycles. The normalized spacial score (nSPS) is 21.7. The molecule has 0 aliphatic carbocycles. The van der Waals surface area contributed by atoms with Crippen molar-refractivity contribution in [1.82, 2.24) is 5.32 Å². The van der Waals surface area contributed by atoms with Crippen LogP contribution in [0.2, 0.25) is 0 Å². The van der Waals surface area contributed by atoms with E-state index in [1.807, 2.05) is 13.8 Å². The first kappa shape index (κ1) is 12.5. The molecule has 1 aliphatic rings. The number of hydrogen-bond donors (Lipinski definition) is 2. The summed E-state index contributed by atoms with van der Waals surface area (Å²) in [7, 11) is 0. The van der Waals surface area contributed by atoms with E-state index >= 15 is 0 Å². The van der Waals surface area contributed by atoms with E-state index in [4.69, 9.17) is 4.74 Å². The van der Waals surface area contributed by atoms with Crippen LogP contribution in [0.3, 0.4) is 0 Å². The van der Waals surface area contributed by atoms with Gasteiger partial charge in [-0.1, -0.05) is 13.8 Å². The molecule has 0 spiro atoms. The number of amides is 1. The zero-order chi connectivity index (χ0) is 11.3. The maximum absolute atomic E-state index is 11.8. The maximum Gasteiger partial charge on any atom is 0.249 e. The number of aliphatic hydroxyl groups excluding tert-OH is 1. The van der Waals surface area contributed by atoms with Gasteiger partial charge in [0.1, 0.15) is 6.10 Å². The molecule has 0 aromatic carbocycles. The van der Waals surface area contributed by atoms with Crippen LogP contribution in [0.25, 0.3) is 0 Å². The van der Waals surface area contributed by atoms with E-state index in [-0.39, 0.29) is 18.6 Å². The lowest BCUT2D eigenvalue weighted by molar-refractivity contribution is -0.132. The molecule has 88 valence electrons. The largest absolute Gasteiger partial charge is 0.394 e. The monoisotopic (exact) mass is 215 g/mol. The Hall–Kier alpha value is -0.610. The molecule has 0 bridgehead atoms. The van der Waals surface area contributed by atoms with Crippen LogP contribution >= 0.6 is 0 Å². The lowest BCUT2D eigenvalue weighted by Gasteiger charge is -2.31. The highest BCUT2D eigenvalue weighted by atomic mass is 16.5. The Bertz CT molecular complexity index is 200. The van der Waals surface area contributed by atoms with Gasteiger partial charge in [-0.05, 0) is 25.7 Å². The van der Waals surface area contributed by atoms with Crippen LogP contribution in [-0.2, 0) is 9.53 Å².